The van der Waals surface area contributed by atoms with Crippen LogP contribution in [0.4, 0.5) is 0 Å². The molecule has 1 unspecified atom stereocenters. The molecule has 0 fully saturated rings. The largest absolute Gasteiger partial charge is 0.350 e. The van der Waals surface area contributed by atoms with E-state index in [0.717, 1.165) is 16.8 Å². The fraction of sp³-hybridized carbons (Fsp3) is 0.300. The Morgan fingerprint density at radius 2 is 2.12 bits per heavy atom. The highest BCUT2D eigenvalue weighted by Gasteiger charge is 2.17. The third-order valence-electron chi connectivity index (χ3n) is 4.40. The van der Waals surface area contributed by atoms with E-state index in [1.54, 1.807) is 16.0 Å². The molecule has 0 saturated heterocycles. The number of rotatable bonds is 6. The van der Waals surface area contributed by atoms with Crippen molar-refractivity contribution in [3.05, 3.63) is 64.1 Å². The molecule has 2 aromatic heterocycles. The lowest BCUT2D eigenvalue weighted by molar-refractivity contribution is 0.0942. The highest BCUT2D eigenvalue weighted by molar-refractivity contribution is 7.10. The molecule has 2 heterocycles. The van der Waals surface area contributed by atoms with Crippen molar-refractivity contribution in [2.24, 2.45) is 7.05 Å². The standard InChI is InChI=1S/C20H24N4OS/c1-14-17(13-24(4)22-14)15-7-5-8-16(11-15)20(25)21-12-18(23(2)3)19-9-6-10-26-19/h5-11,13,18H,12H2,1-4H3,(H,21,25). The van der Waals surface area contributed by atoms with Gasteiger partial charge in [0.05, 0.1) is 11.7 Å². The first-order valence-electron chi connectivity index (χ1n) is 8.54. The van der Waals surface area contributed by atoms with E-state index in [1.807, 2.05) is 64.6 Å². The zero-order chi connectivity index (χ0) is 18.7. The van der Waals surface area contributed by atoms with Crippen molar-refractivity contribution in [3.8, 4) is 11.1 Å². The highest BCUT2D eigenvalue weighted by atomic mass is 32.1. The monoisotopic (exact) mass is 368 g/mol. The zero-order valence-corrected chi connectivity index (χ0v) is 16.4. The maximum atomic E-state index is 12.7. The van der Waals surface area contributed by atoms with Gasteiger partial charge >= 0.3 is 0 Å². The van der Waals surface area contributed by atoms with Crippen LogP contribution < -0.4 is 5.32 Å². The summed E-state index contributed by atoms with van der Waals surface area (Å²) in [6.45, 7) is 2.55. The zero-order valence-electron chi connectivity index (χ0n) is 15.6. The Labute approximate surface area is 158 Å². The SMILES string of the molecule is Cc1nn(C)cc1-c1cccc(C(=O)NCC(c2cccs2)N(C)C)c1. The molecule has 1 atom stereocenters. The van der Waals surface area contributed by atoms with Crippen molar-refractivity contribution in [3.63, 3.8) is 0 Å². The van der Waals surface area contributed by atoms with E-state index in [-0.39, 0.29) is 11.9 Å². The van der Waals surface area contributed by atoms with Gasteiger partial charge in [-0.25, -0.2) is 0 Å². The summed E-state index contributed by atoms with van der Waals surface area (Å²) in [5.74, 6) is -0.0585. The number of nitrogens with zero attached hydrogens (tertiary/aromatic N) is 3. The smallest absolute Gasteiger partial charge is 0.251 e. The number of benzene rings is 1. The van der Waals surface area contributed by atoms with E-state index in [9.17, 15) is 4.79 Å². The number of aromatic nitrogens is 2. The molecule has 3 rings (SSSR count). The van der Waals surface area contributed by atoms with Gasteiger partial charge in [0.2, 0.25) is 0 Å². The lowest BCUT2D eigenvalue weighted by atomic mass is 10.0. The van der Waals surface area contributed by atoms with Crippen molar-refractivity contribution >= 4 is 17.2 Å². The van der Waals surface area contributed by atoms with Crippen LogP contribution in [0.1, 0.15) is 27.0 Å². The van der Waals surface area contributed by atoms with Gasteiger partial charge in [0.25, 0.3) is 5.91 Å². The van der Waals surface area contributed by atoms with Crippen molar-refractivity contribution < 1.29 is 4.79 Å². The molecule has 0 aliphatic heterocycles. The lowest BCUT2D eigenvalue weighted by Gasteiger charge is -2.23. The van der Waals surface area contributed by atoms with Gasteiger partial charge in [-0.05, 0) is 50.2 Å². The van der Waals surface area contributed by atoms with Crippen molar-refractivity contribution in [1.82, 2.24) is 20.0 Å². The van der Waals surface area contributed by atoms with Gasteiger partial charge in [-0.3, -0.25) is 9.48 Å². The molecule has 0 aliphatic rings. The number of hydrogen-bond acceptors (Lipinski definition) is 4. The van der Waals surface area contributed by atoms with E-state index in [2.05, 4.69) is 26.8 Å². The Morgan fingerprint density at radius 3 is 2.73 bits per heavy atom. The van der Waals surface area contributed by atoms with Gasteiger partial charge < -0.3 is 10.2 Å². The summed E-state index contributed by atoms with van der Waals surface area (Å²) in [4.78, 5) is 16.0. The minimum atomic E-state index is -0.0585. The van der Waals surface area contributed by atoms with Crippen LogP contribution in [-0.4, -0.2) is 41.2 Å². The Hall–Kier alpha value is -2.44. The molecule has 1 amide bonds. The quantitative estimate of drug-likeness (QED) is 0.725. The van der Waals surface area contributed by atoms with Gasteiger partial charge in [0.15, 0.2) is 0 Å². The fourth-order valence-electron chi connectivity index (χ4n) is 3.02. The maximum Gasteiger partial charge on any atom is 0.251 e. The van der Waals surface area contributed by atoms with Crippen LogP contribution in [0, 0.1) is 6.92 Å². The summed E-state index contributed by atoms with van der Waals surface area (Å²) < 4.78 is 1.79. The maximum absolute atomic E-state index is 12.7. The molecule has 0 saturated carbocycles. The van der Waals surface area contributed by atoms with Gasteiger partial charge in [0.1, 0.15) is 0 Å². The second kappa shape index (κ2) is 7.85. The number of aryl methyl sites for hydroxylation is 2. The van der Waals surface area contributed by atoms with Crippen LogP contribution in [0.5, 0.6) is 0 Å². The summed E-state index contributed by atoms with van der Waals surface area (Å²) in [7, 11) is 5.96. The Balaban J connectivity index is 1.74. The summed E-state index contributed by atoms with van der Waals surface area (Å²) in [5.41, 5.74) is 3.67. The molecule has 3 aromatic rings. The highest BCUT2D eigenvalue weighted by Crippen LogP contribution is 2.24. The van der Waals surface area contributed by atoms with Crippen LogP contribution in [-0.2, 0) is 7.05 Å². The summed E-state index contributed by atoms with van der Waals surface area (Å²) in [6, 6.07) is 12.0. The molecule has 0 aliphatic carbocycles. The number of carbonyl (C=O) groups excluding carboxylic acids is 1. The van der Waals surface area contributed by atoms with Crippen LogP contribution in [0.3, 0.4) is 0 Å². The van der Waals surface area contributed by atoms with Crippen LogP contribution in [0.2, 0.25) is 0 Å². The normalized spacial score (nSPS) is 12.3. The van der Waals surface area contributed by atoms with Crippen LogP contribution in [0.15, 0.2) is 48.0 Å². The average molecular weight is 369 g/mol. The number of hydrogen-bond donors (Lipinski definition) is 1. The van der Waals surface area contributed by atoms with Crippen molar-refractivity contribution in [2.75, 3.05) is 20.6 Å². The first-order valence-corrected chi connectivity index (χ1v) is 9.42. The molecule has 26 heavy (non-hydrogen) atoms. The molecule has 1 aromatic carbocycles. The number of carbonyl (C=O) groups is 1. The van der Waals surface area contributed by atoms with E-state index >= 15 is 0 Å². The van der Waals surface area contributed by atoms with E-state index in [0.29, 0.717) is 12.1 Å². The topological polar surface area (TPSA) is 50.2 Å². The average Bonchev–Trinajstić information content (AvgIpc) is 3.24. The minimum Gasteiger partial charge on any atom is -0.350 e. The Bertz CT molecular complexity index is 883. The third kappa shape index (κ3) is 4.03. The molecular formula is C20H24N4OS. The van der Waals surface area contributed by atoms with Crippen LogP contribution >= 0.6 is 11.3 Å². The summed E-state index contributed by atoms with van der Waals surface area (Å²) in [6.07, 6.45) is 1.98. The molecule has 6 heteroatoms. The van der Waals surface area contributed by atoms with Crippen molar-refractivity contribution in [1.29, 1.82) is 0 Å². The predicted octanol–water partition coefficient (Wildman–Crippen LogP) is 3.49. The third-order valence-corrected chi connectivity index (χ3v) is 5.37. The Morgan fingerprint density at radius 1 is 1.31 bits per heavy atom. The number of amides is 1. The second-order valence-electron chi connectivity index (χ2n) is 6.59. The molecule has 0 radical (unpaired) electrons. The van der Waals surface area contributed by atoms with Gasteiger partial charge in [-0.15, -0.1) is 11.3 Å². The Kier molecular flexibility index (Phi) is 5.54. The predicted molar refractivity (Wildman–Crippen MR) is 106 cm³/mol. The van der Waals surface area contributed by atoms with Crippen LogP contribution in [0.25, 0.3) is 11.1 Å². The molecule has 0 bridgehead atoms. The number of thiophene rings is 1. The summed E-state index contributed by atoms with van der Waals surface area (Å²) in [5, 5.41) is 9.52. The lowest BCUT2D eigenvalue weighted by Crippen LogP contribution is -2.34. The van der Waals surface area contributed by atoms with E-state index < -0.39 is 0 Å². The van der Waals surface area contributed by atoms with E-state index in [1.165, 1.54) is 4.88 Å². The second-order valence-corrected chi connectivity index (χ2v) is 7.57. The van der Waals surface area contributed by atoms with E-state index in [4.69, 9.17) is 0 Å². The molecule has 0 spiro atoms. The molecular weight excluding hydrogens is 344 g/mol. The summed E-state index contributed by atoms with van der Waals surface area (Å²) >= 11 is 1.71. The van der Waals surface area contributed by atoms with Gasteiger partial charge in [-0.1, -0.05) is 18.2 Å². The fourth-order valence-corrected chi connectivity index (χ4v) is 3.94. The van der Waals surface area contributed by atoms with Gasteiger partial charge in [-0.2, -0.15) is 5.10 Å². The molecule has 1 N–H and O–H groups in total. The molecule has 5 nitrogen and oxygen atoms in total. The minimum absolute atomic E-state index is 0.0585. The number of likely N-dealkylation sites (N-methyl/N-ethyl adjacent to an activating group) is 1. The first kappa shape index (κ1) is 18.4. The van der Waals surface area contributed by atoms with Crippen molar-refractivity contribution in [2.45, 2.75) is 13.0 Å². The number of nitrogens with one attached hydrogen (secondary N) is 1. The molecule has 136 valence electrons. The first-order chi connectivity index (χ1) is 12.5. The van der Waals surface area contributed by atoms with Gasteiger partial charge in [0, 0.05) is 35.8 Å².